The Labute approximate surface area is 219 Å². The molecule has 1 fully saturated rings. The summed E-state index contributed by atoms with van der Waals surface area (Å²) >= 11 is 1.24. The third kappa shape index (κ3) is 5.07. The molecule has 1 N–H and O–H groups in total. The monoisotopic (exact) mass is 510 g/mol. The number of rotatable bonds is 5. The molecular formula is C30H26N2O4S. The van der Waals surface area contributed by atoms with E-state index in [0.29, 0.717) is 16.3 Å². The number of aryl methyl sites for hydroxylation is 1. The first kappa shape index (κ1) is 24.5. The highest BCUT2D eigenvalue weighted by Gasteiger charge is 2.52. The summed E-state index contributed by atoms with van der Waals surface area (Å²) in [6.45, 7) is 3.66. The SMILES string of the molecule is COC(=O)C1(c2ccc3cc(C#Cc4snc(C)c4NC(=O)OC(C)c4ccccc4)ccc3c2)CC1. The van der Waals surface area contributed by atoms with Gasteiger partial charge in [-0.3, -0.25) is 10.1 Å². The molecule has 0 spiro atoms. The van der Waals surface area contributed by atoms with E-state index >= 15 is 0 Å². The molecule has 1 aliphatic rings. The standard InChI is InChI=1S/C30H26N2O4S/c1-19-27(31-29(34)36-20(2)22-7-5-4-6-8-22)26(37-32-19)14-10-21-9-11-24-18-25(13-12-23(24)17-21)30(15-16-30)28(33)35-3/h4-9,11-13,17-18,20H,15-16H2,1-3H3,(H,31,34). The van der Waals surface area contributed by atoms with Gasteiger partial charge in [0.2, 0.25) is 0 Å². The van der Waals surface area contributed by atoms with E-state index in [4.69, 9.17) is 9.47 Å². The van der Waals surface area contributed by atoms with Crippen LogP contribution in [0, 0.1) is 18.8 Å². The summed E-state index contributed by atoms with van der Waals surface area (Å²) < 4.78 is 14.9. The highest BCUT2D eigenvalue weighted by atomic mass is 32.1. The van der Waals surface area contributed by atoms with E-state index in [-0.39, 0.29) is 12.1 Å². The number of hydrogen-bond donors (Lipinski definition) is 1. The Hall–Kier alpha value is -4.15. The second-order valence-electron chi connectivity index (χ2n) is 9.16. The topological polar surface area (TPSA) is 77.5 Å². The normalized spacial score (nSPS) is 14.2. The first-order valence-corrected chi connectivity index (χ1v) is 12.8. The summed E-state index contributed by atoms with van der Waals surface area (Å²) in [6, 6.07) is 21.6. The van der Waals surface area contributed by atoms with Gasteiger partial charge in [0.05, 0.1) is 23.9 Å². The number of hydrogen-bond acceptors (Lipinski definition) is 6. The van der Waals surface area contributed by atoms with Gasteiger partial charge < -0.3 is 9.47 Å². The number of aromatic nitrogens is 1. The first-order valence-electron chi connectivity index (χ1n) is 12.0. The summed E-state index contributed by atoms with van der Waals surface area (Å²) in [4.78, 5) is 25.4. The lowest BCUT2D eigenvalue weighted by Crippen LogP contribution is -2.21. The van der Waals surface area contributed by atoms with Gasteiger partial charge in [-0.05, 0) is 78.2 Å². The average Bonchev–Trinajstić information content (AvgIpc) is 3.67. The first-order chi connectivity index (χ1) is 17.9. The zero-order valence-electron chi connectivity index (χ0n) is 20.8. The smallest absolute Gasteiger partial charge is 0.412 e. The fourth-order valence-corrected chi connectivity index (χ4v) is 5.07. The molecule has 0 aliphatic heterocycles. The van der Waals surface area contributed by atoms with Gasteiger partial charge in [-0.2, -0.15) is 4.37 Å². The van der Waals surface area contributed by atoms with Crippen LogP contribution >= 0.6 is 11.5 Å². The molecule has 186 valence electrons. The maximum Gasteiger partial charge on any atom is 0.412 e. The molecule has 1 atom stereocenters. The molecule has 1 aromatic heterocycles. The van der Waals surface area contributed by atoms with Crippen molar-refractivity contribution in [2.45, 2.75) is 38.2 Å². The Morgan fingerprint density at radius 2 is 1.76 bits per heavy atom. The second-order valence-corrected chi connectivity index (χ2v) is 9.93. The molecule has 0 saturated heterocycles. The molecule has 1 aliphatic carbocycles. The molecule has 37 heavy (non-hydrogen) atoms. The van der Waals surface area contributed by atoms with Gasteiger partial charge in [0.25, 0.3) is 0 Å². The minimum atomic E-state index is -0.551. The van der Waals surface area contributed by atoms with Crippen molar-refractivity contribution in [2.24, 2.45) is 0 Å². The van der Waals surface area contributed by atoms with Gasteiger partial charge in [0, 0.05) is 5.56 Å². The van der Waals surface area contributed by atoms with E-state index in [1.54, 1.807) is 0 Å². The largest absolute Gasteiger partial charge is 0.468 e. The van der Waals surface area contributed by atoms with Gasteiger partial charge in [-0.15, -0.1) is 0 Å². The molecule has 0 bridgehead atoms. The Kier molecular flexibility index (Phi) is 6.68. The van der Waals surface area contributed by atoms with Crippen LogP contribution in [0.2, 0.25) is 0 Å². The lowest BCUT2D eigenvalue weighted by atomic mass is 9.93. The fraction of sp³-hybridized carbons (Fsp3) is 0.233. The van der Waals surface area contributed by atoms with Crippen molar-refractivity contribution in [2.75, 3.05) is 12.4 Å². The number of anilines is 1. The molecule has 4 aromatic rings. The van der Waals surface area contributed by atoms with Crippen LogP contribution in [0.15, 0.2) is 66.7 Å². The predicted molar refractivity (Wildman–Crippen MR) is 145 cm³/mol. The van der Waals surface area contributed by atoms with Gasteiger partial charge in [0.1, 0.15) is 11.0 Å². The van der Waals surface area contributed by atoms with E-state index in [0.717, 1.165) is 40.3 Å². The lowest BCUT2D eigenvalue weighted by molar-refractivity contribution is -0.143. The zero-order chi connectivity index (χ0) is 26.0. The third-order valence-electron chi connectivity index (χ3n) is 6.68. The molecular weight excluding hydrogens is 484 g/mol. The Balaban J connectivity index is 1.32. The zero-order valence-corrected chi connectivity index (χ0v) is 21.6. The minimum Gasteiger partial charge on any atom is -0.468 e. The molecule has 0 radical (unpaired) electrons. The maximum atomic E-state index is 12.5. The van der Waals surface area contributed by atoms with E-state index in [9.17, 15) is 9.59 Å². The summed E-state index contributed by atoms with van der Waals surface area (Å²) in [5.74, 6) is 6.16. The van der Waals surface area contributed by atoms with E-state index < -0.39 is 11.5 Å². The van der Waals surface area contributed by atoms with Gasteiger partial charge in [-0.1, -0.05) is 60.5 Å². The molecule has 1 unspecified atom stereocenters. The number of fused-ring (bicyclic) bond motifs is 1. The van der Waals surface area contributed by atoms with Gasteiger partial charge in [-0.25, -0.2) is 4.79 Å². The van der Waals surface area contributed by atoms with Crippen LogP contribution in [0.1, 0.15) is 53.1 Å². The Morgan fingerprint density at radius 3 is 2.49 bits per heavy atom. The number of benzene rings is 3. The van der Waals surface area contributed by atoms with Crippen molar-refractivity contribution in [1.82, 2.24) is 4.37 Å². The lowest BCUT2D eigenvalue weighted by Gasteiger charge is -2.14. The summed E-state index contributed by atoms with van der Waals surface area (Å²) in [6.07, 6.45) is 0.698. The number of carbonyl (C=O) groups excluding carboxylic acids is 2. The number of nitrogens with zero attached hydrogens (tertiary/aromatic N) is 1. The third-order valence-corrected chi connectivity index (χ3v) is 7.54. The molecule has 3 aromatic carbocycles. The number of esters is 1. The number of nitrogens with one attached hydrogen (secondary N) is 1. The van der Waals surface area contributed by atoms with Crippen LogP contribution in [-0.2, 0) is 19.7 Å². The van der Waals surface area contributed by atoms with Crippen molar-refractivity contribution >= 4 is 40.1 Å². The number of methoxy groups -OCH3 is 1. The van der Waals surface area contributed by atoms with Crippen molar-refractivity contribution in [3.63, 3.8) is 0 Å². The van der Waals surface area contributed by atoms with Crippen molar-refractivity contribution < 1.29 is 19.1 Å². The highest BCUT2D eigenvalue weighted by Crippen LogP contribution is 2.49. The van der Waals surface area contributed by atoms with Crippen LogP contribution in [0.5, 0.6) is 0 Å². The van der Waals surface area contributed by atoms with E-state index in [2.05, 4.69) is 27.6 Å². The average molecular weight is 511 g/mol. The van der Waals surface area contributed by atoms with Crippen LogP contribution < -0.4 is 5.32 Å². The molecule has 1 amide bonds. The number of carbonyl (C=O) groups is 2. The van der Waals surface area contributed by atoms with Crippen molar-refractivity contribution in [3.05, 3.63) is 94.0 Å². The van der Waals surface area contributed by atoms with Crippen LogP contribution in [0.25, 0.3) is 10.8 Å². The number of ether oxygens (including phenoxy) is 2. The molecule has 6 nitrogen and oxygen atoms in total. The molecule has 5 rings (SSSR count). The van der Waals surface area contributed by atoms with E-state index in [1.807, 2.05) is 74.5 Å². The van der Waals surface area contributed by atoms with E-state index in [1.165, 1.54) is 18.6 Å². The summed E-state index contributed by atoms with van der Waals surface area (Å²) in [7, 11) is 1.44. The molecule has 1 heterocycles. The summed E-state index contributed by atoms with van der Waals surface area (Å²) in [5.41, 5.74) is 3.50. The predicted octanol–water partition coefficient (Wildman–Crippen LogP) is 6.52. The Morgan fingerprint density at radius 1 is 1.03 bits per heavy atom. The molecule has 7 heteroatoms. The minimum absolute atomic E-state index is 0.169. The number of amides is 1. The van der Waals surface area contributed by atoms with Gasteiger partial charge >= 0.3 is 12.1 Å². The van der Waals surface area contributed by atoms with Crippen LogP contribution in [-0.4, -0.2) is 23.5 Å². The highest BCUT2D eigenvalue weighted by molar-refractivity contribution is 7.07. The van der Waals surface area contributed by atoms with Crippen LogP contribution in [0.3, 0.4) is 0 Å². The van der Waals surface area contributed by atoms with Gasteiger partial charge in [0.15, 0.2) is 0 Å². The maximum absolute atomic E-state index is 12.5. The summed E-state index contributed by atoms with van der Waals surface area (Å²) in [5, 5.41) is 4.89. The Bertz CT molecular complexity index is 1540. The molecule has 1 saturated carbocycles. The quantitative estimate of drug-likeness (QED) is 0.244. The van der Waals surface area contributed by atoms with Crippen molar-refractivity contribution in [3.8, 4) is 11.8 Å². The van der Waals surface area contributed by atoms with Crippen molar-refractivity contribution in [1.29, 1.82) is 0 Å². The van der Waals surface area contributed by atoms with Crippen LogP contribution in [0.4, 0.5) is 10.5 Å². The second kappa shape index (κ2) is 10.1. The fourth-order valence-electron chi connectivity index (χ4n) is 4.37.